The second-order valence-electron chi connectivity index (χ2n) is 7.69. The van der Waals surface area contributed by atoms with Gasteiger partial charge in [0, 0.05) is 43.9 Å². The number of anilines is 2. The molecule has 0 spiro atoms. The van der Waals surface area contributed by atoms with E-state index >= 15 is 0 Å². The molecule has 0 aliphatic rings. The number of hydrogen-bond donors (Lipinski definition) is 1. The summed E-state index contributed by atoms with van der Waals surface area (Å²) in [5, 5.41) is 5.85. The fraction of sp³-hybridized carbons (Fsp3) is 0.333. The molecule has 1 amide bonds. The van der Waals surface area contributed by atoms with E-state index in [4.69, 9.17) is 0 Å². The van der Waals surface area contributed by atoms with Gasteiger partial charge in [-0.2, -0.15) is 0 Å². The molecule has 0 atom stereocenters. The highest BCUT2D eigenvalue weighted by Gasteiger charge is 2.11. The summed E-state index contributed by atoms with van der Waals surface area (Å²) in [7, 11) is 4.10. The number of thiazole rings is 1. The molecular formula is C24H30N4OS. The maximum absolute atomic E-state index is 12.3. The van der Waals surface area contributed by atoms with E-state index in [2.05, 4.69) is 56.7 Å². The first-order valence-electron chi connectivity index (χ1n) is 10.2. The van der Waals surface area contributed by atoms with Crippen LogP contribution >= 0.6 is 11.3 Å². The minimum absolute atomic E-state index is 0.0342. The Hall–Kier alpha value is -2.70. The number of carbonyl (C=O) groups excluding carboxylic acids is 1. The van der Waals surface area contributed by atoms with Gasteiger partial charge in [-0.1, -0.05) is 36.8 Å². The first-order chi connectivity index (χ1) is 14.4. The van der Waals surface area contributed by atoms with E-state index in [1.165, 1.54) is 16.8 Å². The van der Waals surface area contributed by atoms with Crippen molar-refractivity contribution < 1.29 is 4.79 Å². The maximum Gasteiger partial charge on any atom is 0.231 e. The van der Waals surface area contributed by atoms with Gasteiger partial charge in [-0.3, -0.25) is 9.69 Å². The minimum Gasteiger partial charge on any atom is -0.378 e. The Bertz CT molecular complexity index is 948. The van der Waals surface area contributed by atoms with Gasteiger partial charge >= 0.3 is 0 Å². The van der Waals surface area contributed by atoms with Crippen LogP contribution in [0.25, 0.3) is 0 Å². The first kappa shape index (κ1) is 22.0. The minimum atomic E-state index is -0.0342. The maximum atomic E-state index is 12.3. The number of benzene rings is 2. The van der Waals surface area contributed by atoms with Gasteiger partial charge in [0.2, 0.25) is 5.91 Å². The summed E-state index contributed by atoms with van der Waals surface area (Å²) >= 11 is 1.55. The van der Waals surface area contributed by atoms with Crippen LogP contribution in [0.4, 0.5) is 11.4 Å². The van der Waals surface area contributed by atoms with Crippen molar-refractivity contribution in [1.82, 2.24) is 9.88 Å². The van der Waals surface area contributed by atoms with Crippen molar-refractivity contribution in [3.8, 4) is 0 Å². The third-order valence-corrected chi connectivity index (χ3v) is 5.84. The van der Waals surface area contributed by atoms with E-state index in [0.29, 0.717) is 6.42 Å². The van der Waals surface area contributed by atoms with Crippen molar-refractivity contribution in [1.29, 1.82) is 0 Å². The number of aromatic nitrogens is 1. The number of nitrogens with zero attached hydrogens (tertiary/aromatic N) is 3. The molecule has 0 bridgehead atoms. The summed E-state index contributed by atoms with van der Waals surface area (Å²) in [5.41, 5.74) is 5.50. The fourth-order valence-electron chi connectivity index (χ4n) is 3.15. The Morgan fingerprint density at radius 1 is 1.03 bits per heavy atom. The topological polar surface area (TPSA) is 48.5 Å². The standard InChI is InChI=1S/C24H30N4OS/c1-5-28(15-19-8-12-22(13-9-19)27(3)4)16-21-17-30-24(26-21)14-23(29)25-20-10-6-18(2)7-11-20/h6-13,17H,5,14-16H2,1-4H3,(H,25,29). The Morgan fingerprint density at radius 2 is 1.73 bits per heavy atom. The third-order valence-electron chi connectivity index (χ3n) is 4.94. The highest BCUT2D eigenvalue weighted by Crippen LogP contribution is 2.17. The monoisotopic (exact) mass is 422 g/mol. The Balaban J connectivity index is 1.53. The van der Waals surface area contributed by atoms with Crippen LogP contribution in [0.3, 0.4) is 0 Å². The van der Waals surface area contributed by atoms with Crippen LogP contribution in [-0.2, 0) is 24.3 Å². The molecule has 1 heterocycles. The lowest BCUT2D eigenvalue weighted by atomic mass is 10.2. The summed E-state index contributed by atoms with van der Waals surface area (Å²) < 4.78 is 0. The molecule has 0 aliphatic carbocycles. The summed E-state index contributed by atoms with van der Waals surface area (Å²) in [6, 6.07) is 16.5. The molecular weight excluding hydrogens is 392 g/mol. The highest BCUT2D eigenvalue weighted by molar-refractivity contribution is 7.09. The lowest BCUT2D eigenvalue weighted by molar-refractivity contribution is -0.115. The van der Waals surface area contributed by atoms with Crippen LogP contribution < -0.4 is 10.2 Å². The van der Waals surface area contributed by atoms with Gasteiger partial charge in [0.15, 0.2) is 0 Å². The average Bonchev–Trinajstić information content (AvgIpc) is 3.16. The molecule has 0 radical (unpaired) electrons. The molecule has 1 aromatic heterocycles. The van der Waals surface area contributed by atoms with E-state index in [-0.39, 0.29) is 5.91 Å². The smallest absolute Gasteiger partial charge is 0.231 e. The molecule has 6 heteroatoms. The molecule has 3 aromatic rings. The van der Waals surface area contributed by atoms with E-state index < -0.39 is 0 Å². The molecule has 5 nitrogen and oxygen atoms in total. The Labute approximate surface area is 183 Å². The number of rotatable bonds is 9. The average molecular weight is 423 g/mol. The van der Waals surface area contributed by atoms with Crippen molar-refractivity contribution >= 4 is 28.6 Å². The van der Waals surface area contributed by atoms with Crippen molar-refractivity contribution in [3.63, 3.8) is 0 Å². The first-order valence-corrected chi connectivity index (χ1v) is 11.1. The van der Waals surface area contributed by atoms with Gasteiger partial charge in [0.1, 0.15) is 5.01 Å². The molecule has 0 saturated carbocycles. The molecule has 0 fully saturated rings. The van der Waals surface area contributed by atoms with Crippen LogP contribution in [-0.4, -0.2) is 36.4 Å². The molecule has 30 heavy (non-hydrogen) atoms. The van der Waals surface area contributed by atoms with Crippen LogP contribution in [0.5, 0.6) is 0 Å². The molecule has 158 valence electrons. The number of amides is 1. The lowest BCUT2D eigenvalue weighted by Gasteiger charge is -2.20. The Kier molecular flexibility index (Phi) is 7.60. The fourth-order valence-corrected chi connectivity index (χ4v) is 3.93. The van der Waals surface area contributed by atoms with Crippen molar-refractivity contribution in [3.05, 3.63) is 75.7 Å². The molecule has 2 aromatic carbocycles. The van der Waals surface area contributed by atoms with Gasteiger partial charge in [0.05, 0.1) is 12.1 Å². The summed E-state index contributed by atoms with van der Waals surface area (Å²) in [5.74, 6) is -0.0342. The number of carbonyl (C=O) groups is 1. The zero-order valence-corrected chi connectivity index (χ0v) is 19.0. The second-order valence-corrected chi connectivity index (χ2v) is 8.63. The SMILES string of the molecule is CCN(Cc1ccc(N(C)C)cc1)Cc1csc(CC(=O)Nc2ccc(C)cc2)n1. The van der Waals surface area contributed by atoms with Gasteiger partial charge in [-0.15, -0.1) is 11.3 Å². The number of nitrogens with one attached hydrogen (secondary N) is 1. The highest BCUT2D eigenvalue weighted by atomic mass is 32.1. The van der Waals surface area contributed by atoms with Gasteiger partial charge < -0.3 is 10.2 Å². The third kappa shape index (κ3) is 6.40. The quantitative estimate of drug-likeness (QED) is 0.542. The number of aryl methyl sites for hydroxylation is 1. The molecule has 0 saturated heterocycles. The summed E-state index contributed by atoms with van der Waals surface area (Å²) in [6.07, 6.45) is 0.302. The zero-order chi connectivity index (χ0) is 21.5. The largest absolute Gasteiger partial charge is 0.378 e. The summed E-state index contributed by atoms with van der Waals surface area (Å²) in [4.78, 5) is 21.5. The zero-order valence-electron chi connectivity index (χ0n) is 18.2. The predicted octanol–water partition coefficient (Wildman–Crippen LogP) is 4.72. The molecule has 0 unspecified atom stereocenters. The van der Waals surface area contributed by atoms with Crippen molar-refractivity contribution in [2.24, 2.45) is 0 Å². The van der Waals surface area contributed by atoms with E-state index in [1.807, 2.05) is 45.3 Å². The second kappa shape index (κ2) is 10.4. The molecule has 3 rings (SSSR count). The van der Waals surface area contributed by atoms with E-state index in [9.17, 15) is 4.79 Å². The van der Waals surface area contributed by atoms with E-state index in [1.54, 1.807) is 11.3 Å². The van der Waals surface area contributed by atoms with Crippen LogP contribution in [0.1, 0.15) is 28.8 Å². The van der Waals surface area contributed by atoms with Crippen molar-refractivity contribution in [2.45, 2.75) is 33.4 Å². The number of hydrogen-bond acceptors (Lipinski definition) is 5. The van der Waals surface area contributed by atoms with Gasteiger partial charge in [0.25, 0.3) is 0 Å². The van der Waals surface area contributed by atoms with Crippen LogP contribution in [0, 0.1) is 6.92 Å². The van der Waals surface area contributed by atoms with Crippen molar-refractivity contribution in [2.75, 3.05) is 30.9 Å². The normalized spacial score (nSPS) is 11.0. The lowest BCUT2D eigenvalue weighted by Crippen LogP contribution is -2.22. The molecule has 1 N–H and O–H groups in total. The predicted molar refractivity (Wildman–Crippen MR) is 126 cm³/mol. The summed E-state index contributed by atoms with van der Waals surface area (Å²) in [6.45, 7) is 6.79. The molecule has 0 aliphatic heterocycles. The van der Waals surface area contributed by atoms with Crippen LogP contribution in [0.15, 0.2) is 53.9 Å². The van der Waals surface area contributed by atoms with E-state index in [0.717, 1.165) is 36.0 Å². The Morgan fingerprint density at radius 3 is 2.37 bits per heavy atom. The van der Waals surface area contributed by atoms with Crippen LogP contribution in [0.2, 0.25) is 0 Å². The van der Waals surface area contributed by atoms with Gasteiger partial charge in [-0.25, -0.2) is 4.98 Å². The van der Waals surface area contributed by atoms with Gasteiger partial charge in [-0.05, 0) is 43.3 Å².